The van der Waals surface area contributed by atoms with Gasteiger partial charge in [0.05, 0.1) is 10.7 Å². The van der Waals surface area contributed by atoms with Crippen LogP contribution in [-0.2, 0) is 6.42 Å². The highest BCUT2D eigenvalue weighted by atomic mass is 79.9. The number of carbonyl (C=O) groups is 1. The van der Waals surface area contributed by atoms with Crippen molar-refractivity contribution in [3.63, 3.8) is 0 Å². The predicted molar refractivity (Wildman–Crippen MR) is 76.4 cm³/mol. The van der Waals surface area contributed by atoms with Crippen LogP contribution in [0.4, 0.5) is 5.69 Å². The SMILES string of the molecule is CCc1nnsc1C(=O)Nc1ccc(Br)c(Cl)c1. The maximum atomic E-state index is 12.0. The summed E-state index contributed by atoms with van der Waals surface area (Å²) in [5.41, 5.74) is 1.35. The summed E-state index contributed by atoms with van der Waals surface area (Å²) in [5, 5.41) is 7.22. The Balaban J connectivity index is 2.19. The lowest BCUT2D eigenvalue weighted by atomic mass is 10.2. The van der Waals surface area contributed by atoms with Gasteiger partial charge < -0.3 is 5.32 Å². The molecule has 0 aliphatic carbocycles. The minimum Gasteiger partial charge on any atom is -0.321 e. The number of hydrogen-bond acceptors (Lipinski definition) is 4. The van der Waals surface area contributed by atoms with E-state index in [9.17, 15) is 4.79 Å². The second-order valence-corrected chi connectivity index (χ2v) is 5.50. The Bertz CT molecular complexity index is 587. The van der Waals surface area contributed by atoms with Crippen molar-refractivity contribution >= 4 is 50.7 Å². The van der Waals surface area contributed by atoms with Gasteiger partial charge in [0.15, 0.2) is 0 Å². The van der Waals surface area contributed by atoms with Crippen LogP contribution < -0.4 is 5.32 Å². The number of nitrogens with zero attached hydrogens (tertiary/aromatic N) is 2. The molecule has 0 atom stereocenters. The van der Waals surface area contributed by atoms with Gasteiger partial charge in [-0.3, -0.25) is 4.79 Å². The third-order valence-electron chi connectivity index (χ3n) is 2.27. The Labute approximate surface area is 122 Å². The molecule has 0 unspecified atom stereocenters. The molecule has 0 fully saturated rings. The van der Waals surface area contributed by atoms with E-state index in [-0.39, 0.29) is 5.91 Å². The van der Waals surface area contributed by atoms with E-state index in [1.807, 2.05) is 6.92 Å². The molecule has 1 amide bonds. The first-order valence-corrected chi connectivity index (χ1v) is 7.14. The molecule has 2 rings (SSSR count). The lowest BCUT2D eigenvalue weighted by Crippen LogP contribution is -2.12. The van der Waals surface area contributed by atoms with Gasteiger partial charge in [0.1, 0.15) is 4.88 Å². The molecule has 0 spiro atoms. The lowest BCUT2D eigenvalue weighted by Gasteiger charge is -2.05. The number of amides is 1. The van der Waals surface area contributed by atoms with Crippen LogP contribution in [0, 0.1) is 0 Å². The van der Waals surface area contributed by atoms with Crippen molar-refractivity contribution in [2.75, 3.05) is 5.32 Å². The van der Waals surface area contributed by atoms with Crippen LogP contribution in [0.15, 0.2) is 22.7 Å². The first kappa shape index (κ1) is 13.5. The van der Waals surface area contributed by atoms with Crippen LogP contribution in [0.1, 0.15) is 22.3 Å². The third kappa shape index (κ3) is 2.88. The number of hydrogen-bond donors (Lipinski definition) is 1. The molecule has 1 aromatic carbocycles. The molecule has 0 bridgehead atoms. The quantitative estimate of drug-likeness (QED) is 0.920. The second-order valence-electron chi connectivity index (χ2n) is 3.49. The Morgan fingerprint density at radius 3 is 3.00 bits per heavy atom. The van der Waals surface area contributed by atoms with Gasteiger partial charge in [-0.1, -0.05) is 23.0 Å². The number of halogens is 2. The fourth-order valence-electron chi connectivity index (χ4n) is 1.37. The first-order chi connectivity index (χ1) is 8.61. The average molecular weight is 347 g/mol. The topological polar surface area (TPSA) is 54.9 Å². The average Bonchev–Trinajstić information content (AvgIpc) is 2.82. The van der Waals surface area contributed by atoms with Crippen molar-refractivity contribution in [2.45, 2.75) is 13.3 Å². The number of aromatic nitrogens is 2. The molecule has 1 heterocycles. The summed E-state index contributed by atoms with van der Waals surface area (Å²) < 4.78 is 4.57. The zero-order valence-corrected chi connectivity index (χ0v) is 12.6. The van der Waals surface area contributed by atoms with E-state index >= 15 is 0 Å². The van der Waals surface area contributed by atoms with Crippen LogP contribution in [0.2, 0.25) is 5.02 Å². The summed E-state index contributed by atoms with van der Waals surface area (Å²) in [6.07, 6.45) is 0.681. The summed E-state index contributed by atoms with van der Waals surface area (Å²) >= 11 is 10.3. The number of rotatable bonds is 3. The van der Waals surface area contributed by atoms with Gasteiger partial charge >= 0.3 is 0 Å². The van der Waals surface area contributed by atoms with E-state index in [0.717, 1.165) is 16.0 Å². The van der Waals surface area contributed by atoms with Gasteiger partial charge in [-0.15, -0.1) is 5.10 Å². The van der Waals surface area contributed by atoms with E-state index in [0.29, 0.717) is 27.7 Å². The Morgan fingerprint density at radius 1 is 1.56 bits per heavy atom. The van der Waals surface area contributed by atoms with Crippen LogP contribution in [-0.4, -0.2) is 15.5 Å². The van der Waals surface area contributed by atoms with E-state index in [1.165, 1.54) is 0 Å². The van der Waals surface area contributed by atoms with Crippen molar-refractivity contribution in [1.82, 2.24) is 9.59 Å². The normalized spacial score (nSPS) is 10.4. The monoisotopic (exact) mass is 345 g/mol. The summed E-state index contributed by atoms with van der Waals surface area (Å²) in [6.45, 7) is 1.93. The number of aryl methyl sites for hydroxylation is 1. The van der Waals surface area contributed by atoms with E-state index < -0.39 is 0 Å². The summed E-state index contributed by atoms with van der Waals surface area (Å²) in [6, 6.07) is 5.24. The molecule has 2 aromatic rings. The van der Waals surface area contributed by atoms with Gasteiger partial charge in [0.2, 0.25) is 0 Å². The minimum atomic E-state index is -0.208. The molecule has 0 saturated heterocycles. The van der Waals surface area contributed by atoms with Crippen molar-refractivity contribution < 1.29 is 4.79 Å². The van der Waals surface area contributed by atoms with Crippen LogP contribution in [0.5, 0.6) is 0 Å². The Morgan fingerprint density at radius 2 is 2.33 bits per heavy atom. The van der Waals surface area contributed by atoms with Gasteiger partial charge in [-0.25, -0.2) is 0 Å². The van der Waals surface area contributed by atoms with Gasteiger partial charge in [0, 0.05) is 10.2 Å². The van der Waals surface area contributed by atoms with Crippen LogP contribution in [0.25, 0.3) is 0 Å². The number of benzene rings is 1. The molecular formula is C11H9BrClN3OS. The highest BCUT2D eigenvalue weighted by molar-refractivity contribution is 9.10. The van der Waals surface area contributed by atoms with Gasteiger partial charge in [0.25, 0.3) is 5.91 Å². The molecular weight excluding hydrogens is 338 g/mol. The molecule has 18 heavy (non-hydrogen) atoms. The van der Waals surface area contributed by atoms with Crippen LogP contribution in [0.3, 0.4) is 0 Å². The molecule has 1 aromatic heterocycles. The molecule has 94 valence electrons. The number of anilines is 1. The van der Waals surface area contributed by atoms with E-state index in [2.05, 4.69) is 30.8 Å². The molecule has 1 N–H and O–H groups in total. The molecule has 0 aliphatic rings. The van der Waals surface area contributed by atoms with Crippen LogP contribution >= 0.6 is 39.1 Å². The van der Waals surface area contributed by atoms with Crippen molar-refractivity contribution in [2.24, 2.45) is 0 Å². The minimum absolute atomic E-state index is 0.208. The Kier molecular flexibility index (Phi) is 4.31. The maximum Gasteiger partial charge on any atom is 0.269 e. The summed E-state index contributed by atoms with van der Waals surface area (Å²) in [5.74, 6) is -0.208. The largest absolute Gasteiger partial charge is 0.321 e. The van der Waals surface area contributed by atoms with E-state index in [4.69, 9.17) is 11.6 Å². The highest BCUT2D eigenvalue weighted by Gasteiger charge is 2.15. The lowest BCUT2D eigenvalue weighted by molar-refractivity contribution is 0.102. The summed E-state index contributed by atoms with van der Waals surface area (Å²) in [4.78, 5) is 12.6. The summed E-state index contributed by atoms with van der Waals surface area (Å²) in [7, 11) is 0. The van der Waals surface area contributed by atoms with Crippen molar-refractivity contribution in [3.8, 4) is 0 Å². The fourth-order valence-corrected chi connectivity index (χ4v) is 2.45. The standard InChI is InChI=1S/C11H9BrClN3OS/c1-2-9-10(18-16-15-9)11(17)14-6-3-4-7(12)8(13)5-6/h3-5H,2H2,1H3,(H,14,17). The number of nitrogens with one attached hydrogen (secondary N) is 1. The molecule has 7 heteroatoms. The van der Waals surface area contributed by atoms with Gasteiger partial charge in [-0.2, -0.15) is 0 Å². The highest BCUT2D eigenvalue weighted by Crippen LogP contribution is 2.26. The fraction of sp³-hybridized carbons (Fsp3) is 0.182. The first-order valence-electron chi connectivity index (χ1n) is 5.19. The maximum absolute atomic E-state index is 12.0. The number of carbonyl (C=O) groups excluding carboxylic acids is 1. The van der Waals surface area contributed by atoms with E-state index in [1.54, 1.807) is 18.2 Å². The second kappa shape index (κ2) is 5.77. The molecule has 4 nitrogen and oxygen atoms in total. The van der Waals surface area contributed by atoms with Gasteiger partial charge in [-0.05, 0) is 52.1 Å². The zero-order chi connectivity index (χ0) is 13.1. The predicted octanol–water partition coefficient (Wildman–Crippen LogP) is 3.77. The van der Waals surface area contributed by atoms with Crippen molar-refractivity contribution in [1.29, 1.82) is 0 Å². The molecule has 0 saturated carbocycles. The van der Waals surface area contributed by atoms with Crippen molar-refractivity contribution in [3.05, 3.63) is 38.3 Å². The molecule has 0 aliphatic heterocycles. The third-order valence-corrected chi connectivity index (χ3v) is 4.27. The molecule has 0 radical (unpaired) electrons. The Hall–Kier alpha value is -0.980. The zero-order valence-electron chi connectivity index (χ0n) is 9.41. The smallest absolute Gasteiger partial charge is 0.269 e.